The summed E-state index contributed by atoms with van der Waals surface area (Å²) in [6.07, 6.45) is 0. The smallest absolute Gasteiger partial charge is 0.232 e. The standard InChI is InChI=1S/C29H22BrNO2/c1-15-22(30)13-14-23-26(15)27(29(33)31-23)25-16(2)24(19-9-5-6-10-20(19)25)21-12-11-17-7-3-4-8-18(17)28(21)32/h3-14,25,27,32H,1-2H3,(H,31,33). The summed E-state index contributed by atoms with van der Waals surface area (Å²) in [5, 5.41) is 16.2. The van der Waals surface area contributed by atoms with Crippen LogP contribution in [0.25, 0.3) is 16.3 Å². The molecule has 0 bridgehead atoms. The van der Waals surface area contributed by atoms with E-state index < -0.39 is 0 Å². The van der Waals surface area contributed by atoms with Gasteiger partial charge in [-0.05, 0) is 59.2 Å². The lowest BCUT2D eigenvalue weighted by atomic mass is 9.79. The molecular weight excluding hydrogens is 474 g/mol. The van der Waals surface area contributed by atoms with Crippen LogP contribution in [0.5, 0.6) is 5.75 Å². The molecule has 0 saturated heterocycles. The molecule has 0 fully saturated rings. The number of fused-ring (bicyclic) bond motifs is 3. The molecule has 162 valence electrons. The lowest BCUT2D eigenvalue weighted by molar-refractivity contribution is -0.117. The highest BCUT2D eigenvalue weighted by molar-refractivity contribution is 9.10. The van der Waals surface area contributed by atoms with Crippen LogP contribution in [-0.4, -0.2) is 11.0 Å². The normalized spacial score (nSPS) is 19.1. The van der Waals surface area contributed by atoms with Crippen molar-refractivity contribution in [2.24, 2.45) is 0 Å². The first-order valence-electron chi connectivity index (χ1n) is 11.1. The molecule has 6 rings (SSSR count). The van der Waals surface area contributed by atoms with Crippen LogP contribution in [-0.2, 0) is 4.79 Å². The van der Waals surface area contributed by atoms with Gasteiger partial charge in [-0.2, -0.15) is 0 Å². The summed E-state index contributed by atoms with van der Waals surface area (Å²) in [5.74, 6) is -0.113. The Morgan fingerprint density at radius 3 is 2.45 bits per heavy atom. The van der Waals surface area contributed by atoms with Gasteiger partial charge in [0.2, 0.25) is 5.91 Å². The average Bonchev–Trinajstić information content (AvgIpc) is 3.30. The molecule has 1 amide bonds. The van der Waals surface area contributed by atoms with E-state index in [1.165, 1.54) is 0 Å². The van der Waals surface area contributed by atoms with Crippen LogP contribution in [0.2, 0.25) is 0 Å². The Labute approximate surface area is 200 Å². The highest BCUT2D eigenvalue weighted by atomic mass is 79.9. The Hall–Kier alpha value is -3.37. The van der Waals surface area contributed by atoms with Crippen molar-refractivity contribution < 1.29 is 9.90 Å². The summed E-state index contributed by atoms with van der Waals surface area (Å²) in [5.41, 5.74) is 8.18. The number of rotatable bonds is 2. The van der Waals surface area contributed by atoms with E-state index in [1.807, 2.05) is 54.6 Å². The fourth-order valence-electron chi connectivity index (χ4n) is 5.71. The van der Waals surface area contributed by atoms with E-state index in [2.05, 4.69) is 53.3 Å². The van der Waals surface area contributed by atoms with E-state index in [0.717, 1.165) is 59.9 Å². The van der Waals surface area contributed by atoms with E-state index in [0.29, 0.717) is 0 Å². The number of benzene rings is 4. The van der Waals surface area contributed by atoms with E-state index >= 15 is 0 Å². The molecule has 1 heterocycles. The van der Waals surface area contributed by atoms with Gasteiger partial charge in [0.25, 0.3) is 0 Å². The maximum absolute atomic E-state index is 13.3. The van der Waals surface area contributed by atoms with Gasteiger partial charge in [0.05, 0.1) is 5.92 Å². The number of anilines is 1. The summed E-state index contributed by atoms with van der Waals surface area (Å²) < 4.78 is 1.00. The summed E-state index contributed by atoms with van der Waals surface area (Å²) in [4.78, 5) is 13.3. The van der Waals surface area contributed by atoms with E-state index in [9.17, 15) is 9.90 Å². The van der Waals surface area contributed by atoms with Crippen molar-refractivity contribution in [2.45, 2.75) is 25.7 Å². The molecule has 2 unspecified atom stereocenters. The first kappa shape index (κ1) is 20.3. The van der Waals surface area contributed by atoms with Gasteiger partial charge in [0.1, 0.15) is 5.75 Å². The quantitative estimate of drug-likeness (QED) is 0.307. The maximum Gasteiger partial charge on any atom is 0.232 e. The molecule has 0 aromatic heterocycles. The summed E-state index contributed by atoms with van der Waals surface area (Å²) in [7, 11) is 0. The van der Waals surface area contributed by atoms with Gasteiger partial charge < -0.3 is 10.4 Å². The van der Waals surface area contributed by atoms with Crippen molar-refractivity contribution in [2.75, 3.05) is 5.32 Å². The second-order valence-corrected chi connectivity index (χ2v) is 9.76. The first-order chi connectivity index (χ1) is 16.0. The fourth-order valence-corrected chi connectivity index (χ4v) is 6.06. The first-order valence-corrected chi connectivity index (χ1v) is 11.9. The Balaban J connectivity index is 1.61. The molecule has 4 heteroatoms. The number of allylic oxidation sites excluding steroid dienone is 1. The average molecular weight is 496 g/mol. The number of halogens is 1. The Morgan fingerprint density at radius 1 is 0.848 bits per heavy atom. The monoisotopic (exact) mass is 495 g/mol. The molecule has 4 aromatic carbocycles. The van der Waals surface area contributed by atoms with Crippen LogP contribution in [0, 0.1) is 6.92 Å². The molecule has 33 heavy (non-hydrogen) atoms. The van der Waals surface area contributed by atoms with Crippen molar-refractivity contribution in [3.05, 3.63) is 111 Å². The number of carbonyl (C=O) groups is 1. The summed E-state index contributed by atoms with van der Waals surface area (Å²) >= 11 is 3.65. The molecule has 4 aromatic rings. The van der Waals surface area contributed by atoms with Crippen molar-refractivity contribution in [3.63, 3.8) is 0 Å². The molecule has 3 nitrogen and oxygen atoms in total. The highest BCUT2D eigenvalue weighted by Gasteiger charge is 2.44. The van der Waals surface area contributed by atoms with Gasteiger partial charge in [0, 0.05) is 27.0 Å². The third-order valence-electron chi connectivity index (χ3n) is 7.23. The van der Waals surface area contributed by atoms with Gasteiger partial charge in [-0.1, -0.05) is 82.2 Å². The van der Waals surface area contributed by atoms with Crippen LogP contribution in [0.4, 0.5) is 5.69 Å². The van der Waals surface area contributed by atoms with Gasteiger partial charge in [-0.15, -0.1) is 0 Å². The summed E-state index contributed by atoms with van der Waals surface area (Å²) in [6, 6.07) is 24.2. The van der Waals surface area contributed by atoms with Crippen LogP contribution in [0.15, 0.2) is 82.8 Å². The Kier molecular flexibility index (Phi) is 4.49. The van der Waals surface area contributed by atoms with Crippen molar-refractivity contribution >= 4 is 43.9 Å². The number of phenolic OH excluding ortho intramolecular Hbond substituents is 1. The van der Waals surface area contributed by atoms with Crippen LogP contribution >= 0.6 is 15.9 Å². The molecule has 0 radical (unpaired) electrons. The van der Waals surface area contributed by atoms with Crippen LogP contribution in [0.3, 0.4) is 0 Å². The van der Waals surface area contributed by atoms with Crippen molar-refractivity contribution in [1.29, 1.82) is 0 Å². The van der Waals surface area contributed by atoms with Gasteiger partial charge in [-0.25, -0.2) is 0 Å². The van der Waals surface area contributed by atoms with E-state index in [-0.39, 0.29) is 23.5 Å². The molecule has 2 aliphatic rings. The van der Waals surface area contributed by atoms with Gasteiger partial charge >= 0.3 is 0 Å². The third-order valence-corrected chi connectivity index (χ3v) is 8.09. The number of hydrogen-bond acceptors (Lipinski definition) is 2. The molecular formula is C29H22BrNO2. The topological polar surface area (TPSA) is 49.3 Å². The van der Waals surface area contributed by atoms with Gasteiger partial charge in [-0.3, -0.25) is 4.79 Å². The highest BCUT2D eigenvalue weighted by Crippen LogP contribution is 2.55. The van der Waals surface area contributed by atoms with Crippen molar-refractivity contribution in [1.82, 2.24) is 0 Å². The molecule has 1 aliphatic carbocycles. The minimum absolute atomic E-state index is 0.0225. The zero-order valence-corrected chi connectivity index (χ0v) is 19.9. The predicted octanol–water partition coefficient (Wildman–Crippen LogP) is 7.27. The second kappa shape index (κ2) is 7.32. The molecule has 0 saturated carbocycles. The largest absolute Gasteiger partial charge is 0.507 e. The third kappa shape index (κ3) is 2.83. The zero-order valence-electron chi connectivity index (χ0n) is 18.3. The zero-order chi connectivity index (χ0) is 22.9. The Morgan fingerprint density at radius 2 is 1.61 bits per heavy atom. The predicted molar refractivity (Wildman–Crippen MR) is 137 cm³/mol. The van der Waals surface area contributed by atoms with Crippen LogP contribution < -0.4 is 5.32 Å². The molecule has 2 N–H and O–H groups in total. The number of phenols is 1. The second-order valence-electron chi connectivity index (χ2n) is 8.91. The fraction of sp³-hybridized carbons (Fsp3) is 0.138. The Bertz CT molecular complexity index is 1520. The minimum atomic E-state index is -0.321. The van der Waals surface area contributed by atoms with E-state index in [4.69, 9.17) is 0 Å². The number of hydrogen-bond donors (Lipinski definition) is 2. The number of amides is 1. The SMILES string of the molecule is CC1=C(c2ccc3ccccc3c2O)c2ccccc2C1C1C(=O)Nc2ccc(Br)c(C)c21. The maximum atomic E-state index is 13.3. The van der Waals surface area contributed by atoms with Crippen molar-refractivity contribution in [3.8, 4) is 5.75 Å². The number of nitrogens with one attached hydrogen (secondary N) is 1. The molecule has 2 atom stereocenters. The number of carbonyl (C=O) groups excluding carboxylic acids is 1. The van der Waals surface area contributed by atoms with Crippen LogP contribution in [0.1, 0.15) is 46.6 Å². The lowest BCUT2D eigenvalue weighted by Gasteiger charge is -2.22. The number of aromatic hydroxyl groups is 1. The van der Waals surface area contributed by atoms with E-state index in [1.54, 1.807) is 0 Å². The lowest BCUT2D eigenvalue weighted by Crippen LogP contribution is -2.20. The summed E-state index contributed by atoms with van der Waals surface area (Å²) in [6.45, 7) is 4.17. The minimum Gasteiger partial charge on any atom is -0.507 e. The van der Waals surface area contributed by atoms with Gasteiger partial charge in [0.15, 0.2) is 0 Å². The molecule has 0 spiro atoms. The molecule has 1 aliphatic heterocycles.